The van der Waals surface area contributed by atoms with Crippen molar-refractivity contribution in [2.75, 3.05) is 33.4 Å². The standard InChI is InChI=1S/C13H24N2O2/c1-15(7-5-11-3-2-4-11)13(16)9-12-10-17-8-6-14-12/h11-12,14H,2-10H2,1H3. The maximum absolute atomic E-state index is 12.0. The van der Waals surface area contributed by atoms with Crippen molar-refractivity contribution in [1.29, 1.82) is 0 Å². The number of nitrogens with zero attached hydrogens (tertiary/aromatic N) is 1. The van der Waals surface area contributed by atoms with Crippen LogP contribution in [0.5, 0.6) is 0 Å². The number of nitrogens with one attached hydrogen (secondary N) is 1. The van der Waals surface area contributed by atoms with Crippen molar-refractivity contribution < 1.29 is 9.53 Å². The first-order valence-corrected chi connectivity index (χ1v) is 6.81. The molecule has 0 spiro atoms. The molecule has 1 atom stereocenters. The monoisotopic (exact) mass is 240 g/mol. The van der Waals surface area contributed by atoms with Crippen molar-refractivity contribution in [3.8, 4) is 0 Å². The molecule has 98 valence electrons. The van der Waals surface area contributed by atoms with Gasteiger partial charge in [0.1, 0.15) is 0 Å². The first kappa shape index (κ1) is 12.8. The molecule has 17 heavy (non-hydrogen) atoms. The summed E-state index contributed by atoms with van der Waals surface area (Å²) in [6.07, 6.45) is 5.85. The topological polar surface area (TPSA) is 41.6 Å². The van der Waals surface area contributed by atoms with Gasteiger partial charge in [0, 0.05) is 32.6 Å². The number of morpholine rings is 1. The smallest absolute Gasteiger partial charge is 0.223 e. The van der Waals surface area contributed by atoms with E-state index in [0.717, 1.165) is 25.6 Å². The molecule has 0 aromatic carbocycles. The maximum atomic E-state index is 12.0. The quantitative estimate of drug-likeness (QED) is 0.780. The second-order valence-corrected chi connectivity index (χ2v) is 5.33. The Kier molecular flexibility index (Phi) is 4.80. The predicted octanol–water partition coefficient (Wildman–Crippen LogP) is 1.01. The number of hydrogen-bond acceptors (Lipinski definition) is 3. The first-order chi connectivity index (χ1) is 8.25. The lowest BCUT2D eigenvalue weighted by atomic mass is 9.83. The average Bonchev–Trinajstić information content (AvgIpc) is 2.28. The molecule has 0 aromatic heterocycles. The van der Waals surface area contributed by atoms with Crippen LogP contribution < -0.4 is 5.32 Å². The molecule has 0 bridgehead atoms. The third kappa shape index (κ3) is 3.96. The van der Waals surface area contributed by atoms with Gasteiger partial charge in [-0.1, -0.05) is 19.3 Å². The van der Waals surface area contributed by atoms with Crippen LogP contribution in [0.25, 0.3) is 0 Å². The van der Waals surface area contributed by atoms with Crippen LogP contribution in [0.15, 0.2) is 0 Å². The largest absolute Gasteiger partial charge is 0.378 e. The van der Waals surface area contributed by atoms with E-state index < -0.39 is 0 Å². The Morgan fingerprint density at radius 2 is 2.29 bits per heavy atom. The number of amides is 1. The summed E-state index contributed by atoms with van der Waals surface area (Å²) in [5, 5.41) is 3.32. The Hall–Kier alpha value is -0.610. The summed E-state index contributed by atoms with van der Waals surface area (Å²) in [4.78, 5) is 13.8. The summed E-state index contributed by atoms with van der Waals surface area (Å²) in [7, 11) is 1.92. The molecule has 2 aliphatic rings. The average molecular weight is 240 g/mol. The molecular formula is C13H24N2O2. The molecule has 1 unspecified atom stereocenters. The second-order valence-electron chi connectivity index (χ2n) is 5.33. The van der Waals surface area contributed by atoms with Gasteiger partial charge in [-0.05, 0) is 12.3 Å². The molecule has 2 fully saturated rings. The van der Waals surface area contributed by atoms with Crippen molar-refractivity contribution in [1.82, 2.24) is 10.2 Å². The van der Waals surface area contributed by atoms with Crippen LogP contribution in [0, 0.1) is 5.92 Å². The highest BCUT2D eigenvalue weighted by molar-refractivity contribution is 5.76. The van der Waals surface area contributed by atoms with Gasteiger partial charge in [-0.15, -0.1) is 0 Å². The van der Waals surface area contributed by atoms with E-state index in [1.54, 1.807) is 0 Å². The minimum Gasteiger partial charge on any atom is -0.378 e. The molecule has 1 aliphatic heterocycles. The van der Waals surface area contributed by atoms with Crippen molar-refractivity contribution in [3.63, 3.8) is 0 Å². The Bertz CT molecular complexity index is 248. The molecule has 1 amide bonds. The van der Waals surface area contributed by atoms with Crippen molar-refractivity contribution in [3.05, 3.63) is 0 Å². The van der Waals surface area contributed by atoms with E-state index in [0.29, 0.717) is 13.0 Å². The van der Waals surface area contributed by atoms with Crippen LogP contribution in [0.1, 0.15) is 32.1 Å². The lowest BCUT2D eigenvalue weighted by Crippen LogP contribution is -2.44. The highest BCUT2D eigenvalue weighted by atomic mass is 16.5. The molecule has 1 aliphatic carbocycles. The maximum Gasteiger partial charge on any atom is 0.223 e. The molecule has 1 N–H and O–H groups in total. The zero-order chi connectivity index (χ0) is 12.1. The molecule has 4 heteroatoms. The van der Waals surface area contributed by atoms with Crippen LogP contribution in [-0.4, -0.2) is 50.2 Å². The number of ether oxygens (including phenoxy) is 1. The van der Waals surface area contributed by atoms with E-state index in [9.17, 15) is 4.79 Å². The van der Waals surface area contributed by atoms with Crippen LogP contribution >= 0.6 is 0 Å². The van der Waals surface area contributed by atoms with Gasteiger partial charge in [0.2, 0.25) is 5.91 Å². The lowest BCUT2D eigenvalue weighted by molar-refractivity contribution is -0.131. The fourth-order valence-corrected chi connectivity index (χ4v) is 2.40. The van der Waals surface area contributed by atoms with Crippen molar-refractivity contribution in [2.24, 2.45) is 5.92 Å². The fourth-order valence-electron chi connectivity index (χ4n) is 2.40. The summed E-state index contributed by atoms with van der Waals surface area (Å²) in [5.74, 6) is 1.12. The number of carbonyl (C=O) groups is 1. The van der Waals surface area contributed by atoms with Gasteiger partial charge in [-0.3, -0.25) is 4.79 Å². The predicted molar refractivity (Wildman–Crippen MR) is 66.8 cm³/mol. The SMILES string of the molecule is CN(CCC1CCC1)C(=O)CC1COCCN1. The minimum absolute atomic E-state index is 0.211. The van der Waals surface area contributed by atoms with E-state index >= 15 is 0 Å². The third-order valence-electron chi connectivity index (χ3n) is 3.94. The van der Waals surface area contributed by atoms with Gasteiger partial charge in [0.05, 0.1) is 13.2 Å². The Morgan fingerprint density at radius 3 is 2.88 bits per heavy atom. The van der Waals surface area contributed by atoms with Gasteiger partial charge in [-0.25, -0.2) is 0 Å². The van der Waals surface area contributed by atoms with Gasteiger partial charge < -0.3 is 15.0 Å². The van der Waals surface area contributed by atoms with Crippen LogP contribution in [0.2, 0.25) is 0 Å². The molecule has 2 rings (SSSR count). The van der Waals surface area contributed by atoms with Gasteiger partial charge >= 0.3 is 0 Å². The molecule has 0 aromatic rings. The second kappa shape index (κ2) is 6.36. The summed E-state index contributed by atoms with van der Waals surface area (Å²) < 4.78 is 5.35. The number of carbonyl (C=O) groups excluding carboxylic acids is 1. The molecule has 0 radical (unpaired) electrons. The van der Waals surface area contributed by atoms with Gasteiger partial charge in [-0.2, -0.15) is 0 Å². The summed E-state index contributed by atoms with van der Waals surface area (Å²) >= 11 is 0. The van der Waals surface area contributed by atoms with Crippen LogP contribution in [0.3, 0.4) is 0 Å². The van der Waals surface area contributed by atoms with E-state index in [4.69, 9.17) is 4.74 Å². The molecular weight excluding hydrogens is 216 g/mol. The zero-order valence-electron chi connectivity index (χ0n) is 10.8. The minimum atomic E-state index is 0.211. The summed E-state index contributed by atoms with van der Waals surface area (Å²) in [6.45, 7) is 3.21. The Balaban J connectivity index is 1.63. The molecule has 1 saturated carbocycles. The molecule has 1 heterocycles. The third-order valence-corrected chi connectivity index (χ3v) is 3.94. The van der Waals surface area contributed by atoms with Gasteiger partial charge in [0.25, 0.3) is 0 Å². The van der Waals surface area contributed by atoms with Crippen molar-refractivity contribution in [2.45, 2.75) is 38.1 Å². The van der Waals surface area contributed by atoms with Crippen LogP contribution in [-0.2, 0) is 9.53 Å². The van der Waals surface area contributed by atoms with Gasteiger partial charge in [0.15, 0.2) is 0 Å². The lowest BCUT2D eigenvalue weighted by Gasteiger charge is -2.29. The normalized spacial score (nSPS) is 25.4. The van der Waals surface area contributed by atoms with E-state index in [-0.39, 0.29) is 11.9 Å². The van der Waals surface area contributed by atoms with E-state index in [1.807, 2.05) is 11.9 Å². The zero-order valence-corrected chi connectivity index (χ0v) is 10.8. The summed E-state index contributed by atoms with van der Waals surface area (Å²) in [6, 6.07) is 0.211. The fraction of sp³-hybridized carbons (Fsp3) is 0.923. The van der Waals surface area contributed by atoms with E-state index in [2.05, 4.69) is 5.32 Å². The number of hydrogen-bond donors (Lipinski definition) is 1. The molecule has 1 saturated heterocycles. The first-order valence-electron chi connectivity index (χ1n) is 6.81. The highest BCUT2D eigenvalue weighted by Crippen LogP contribution is 2.29. The Morgan fingerprint density at radius 1 is 1.47 bits per heavy atom. The Labute approximate surface area is 104 Å². The van der Waals surface area contributed by atoms with Crippen molar-refractivity contribution >= 4 is 5.91 Å². The van der Waals surface area contributed by atoms with Crippen LogP contribution in [0.4, 0.5) is 0 Å². The van der Waals surface area contributed by atoms with E-state index in [1.165, 1.54) is 25.7 Å². The highest BCUT2D eigenvalue weighted by Gasteiger charge is 2.21. The molecule has 4 nitrogen and oxygen atoms in total. The summed E-state index contributed by atoms with van der Waals surface area (Å²) in [5.41, 5.74) is 0. The number of rotatable bonds is 5.